The molecule has 32 heavy (non-hydrogen) atoms. The molecule has 1 atom stereocenters. The number of hydrogen-bond donors (Lipinski definition) is 1. The van der Waals surface area contributed by atoms with Crippen molar-refractivity contribution in [2.75, 3.05) is 31.6 Å². The van der Waals surface area contributed by atoms with Gasteiger partial charge in [0.1, 0.15) is 0 Å². The number of urea groups is 1. The second-order valence-corrected chi connectivity index (χ2v) is 8.82. The number of ether oxygens (including phenoxy) is 1. The Hall–Kier alpha value is -3.26. The van der Waals surface area contributed by atoms with Crippen LogP contribution in [0.25, 0.3) is 11.5 Å². The lowest BCUT2D eigenvalue weighted by atomic mass is 9.72. The molecule has 2 fully saturated rings. The van der Waals surface area contributed by atoms with Gasteiger partial charge >= 0.3 is 6.03 Å². The summed E-state index contributed by atoms with van der Waals surface area (Å²) in [6.45, 7) is 6.64. The summed E-state index contributed by atoms with van der Waals surface area (Å²) in [5, 5.41) is 11.7. The summed E-state index contributed by atoms with van der Waals surface area (Å²) < 4.78 is 11.7. The number of aryl methyl sites for hydroxylation is 2. The van der Waals surface area contributed by atoms with Gasteiger partial charge in [0.05, 0.1) is 5.92 Å². The van der Waals surface area contributed by atoms with Crippen molar-refractivity contribution in [1.29, 1.82) is 0 Å². The topological polar surface area (TPSA) is 93.4 Å². The number of likely N-dealkylation sites (tertiary alicyclic amines) is 1. The van der Waals surface area contributed by atoms with Crippen LogP contribution in [0.1, 0.15) is 35.8 Å². The normalized spacial score (nSPS) is 19.9. The predicted molar refractivity (Wildman–Crippen MR) is 119 cm³/mol. The molecule has 0 saturated carbocycles. The predicted octanol–water partition coefficient (Wildman–Crippen LogP) is 4.18. The number of pyridine rings is 1. The summed E-state index contributed by atoms with van der Waals surface area (Å²) in [7, 11) is 0. The van der Waals surface area contributed by atoms with Crippen LogP contribution in [0.5, 0.6) is 0 Å². The standard InChI is InChI=1S/C24H27N5O3/c1-16-3-4-19(13-17(16)2)26-23(30)29-14-20(24(15-29)7-11-31-12-8-24)22-28-27-21(32-22)18-5-9-25-10-6-18/h3-6,9-10,13,20H,7-8,11-12,14-15H2,1-2H3,(H,26,30)/t20-/m1/s1. The summed E-state index contributed by atoms with van der Waals surface area (Å²) in [5.41, 5.74) is 3.87. The van der Waals surface area contributed by atoms with E-state index in [-0.39, 0.29) is 17.4 Å². The van der Waals surface area contributed by atoms with Crippen molar-refractivity contribution in [2.24, 2.45) is 5.41 Å². The van der Waals surface area contributed by atoms with Gasteiger partial charge in [0.25, 0.3) is 0 Å². The summed E-state index contributed by atoms with van der Waals surface area (Å²) in [5.74, 6) is 1.03. The van der Waals surface area contributed by atoms with Gasteiger partial charge in [-0.2, -0.15) is 0 Å². The molecule has 8 heteroatoms. The Balaban J connectivity index is 1.39. The van der Waals surface area contributed by atoms with E-state index >= 15 is 0 Å². The van der Waals surface area contributed by atoms with E-state index in [2.05, 4.69) is 27.4 Å². The summed E-state index contributed by atoms with van der Waals surface area (Å²) in [6.07, 6.45) is 5.12. The Morgan fingerprint density at radius 1 is 1.09 bits per heavy atom. The lowest BCUT2D eigenvalue weighted by Gasteiger charge is -2.36. The van der Waals surface area contributed by atoms with Crippen molar-refractivity contribution in [1.82, 2.24) is 20.1 Å². The van der Waals surface area contributed by atoms with Crippen molar-refractivity contribution in [2.45, 2.75) is 32.6 Å². The summed E-state index contributed by atoms with van der Waals surface area (Å²) >= 11 is 0. The number of hydrogen-bond acceptors (Lipinski definition) is 6. The maximum atomic E-state index is 13.2. The van der Waals surface area contributed by atoms with E-state index in [4.69, 9.17) is 9.15 Å². The van der Waals surface area contributed by atoms with Crippen molar-refractivity contribution in [3.8, 4) is 11.5 Å². The van der Waals surface area contributed by atoms with Crippen molar-refractivity contribution >= 4 is 11.7 Å². The first kappa shape index (κ1) is 20.6. The maximum absolute atomic E-state index is 13.2. The van der Waals surface area contributed by atoms with Crippen LogP contribution in [0.3, 0.4) is 0 Å². The van der Waals surface area contributed by atoms with Crippen LogP contribution in [0.4, 0.5) is 10.5 Å². The lowest BCUT2D eigenvalue weighted by molar-refractivity contribution is 0.0104. The Bertz CT molecular complexity index is 1110. The average Bonchev–Trinajstić information content (AvgIpc) is 3.43. The van der Waals surface area contributed by atoms with Gasteiger partial charge in [-0.05, 0) is 62.1 Å². The number of aromatic nitrogens is 3. The molecule has 0 bridgehead atoms. The molecule has 0 radical (unpaired) electrons. The van der Waals surface area contributed by atoms with Crippen LogP contribution < -0.4 is 5.32 Å². The van der Waals surface area contributed by atoms with Gasteiger partial charge in [0.15, 0.2) is 0 Å². The Labute approximate surface area is 187 Å². The smallest absolute Gasteiger partial charge is 0.321 e. The molecule has 2 aliphatic rings. The first-order valence-electron chi connectivity index (χ1n) is 11.0. The fourth-order valence-corrected chi connectivity index (χ4v) is 4.76. The molecule has 2 aliphatic heterocycles. The molecule has 4 heterocycles. The third kappa shape index (κ3) is 3.86. The van der Waals surface area contributed by atoms with Crippen molar-refractivity contribution in [3.05, 3.63) is 59.7 Å². The zero-order valence-electron chi connectivity index (χ0n) is 18.4. The lowest BCUT2D eigenvalue weighted by Crippen LogP contribution is -2.38. The van der Waals surface area contributed by atoms with Crippen LogP contribution in [0.15, 0.2) is 47.1 Å². The van der Waals surface area contributed by atoms with E-state index in [1.807, 2.05) is 42.2 Å². The van der Waals surface area contributed by atoms with Crippen LogP contribution in [-0.4, -0.2) is 52.4 Å². The number of amides is 2. The minimum absolute atomic E-state index is 0.0278. The molecular formula is C24H27N5O3. The quantitative estimate of drug-likeness (QED) is 0.666. The van der Waals surface area contributed by atoms with E-state index < -0.39 is 0 Å². The Morgan fingerprint density at radius 2 is 1.88 bits per heavy atom. The Kier molecular flexibility index (Phi) is 5.38. The third-order valence-corrected chi connectivity index (χ3v) is 6.85. The number of nitrogens with one attached hydrogen (secondary N) is 1. The van der Waals surface area contributed by atoms with E-state index in [0.717, 1.165) is 29.7 Å². The zero-order valence-corrected chi connectivity index (χ0v) is 18.4. The van der Waals surface area contributed by atoms with E-state index in [1.165, 1.54) is 5.56 Å². The molecule has 1 spiro atoms. The minimum atomic E-state index is -0.124. The number of carbonyl (C=O) groups excluding carboxylic acids is 1. The molecule has 8 nitrogen and oxygen atoms in total. The molecule has 2 saturated heterocycles. The van der Waals surface area contributed by atoms with E-state index in [0.29, 0.717) is 38.1 Å². The van der Waals surface area contributed by atoms with Crippen LogP contribution in [0.2, 0.25) is 0 Å². The average molecular weight is 434 g/mol. The summed E-state index contributed by atoms with van der Waals surface area (Å²) in [4.78, 5) is 19.1. The molecular weight excluding hydrogens is 406 g/mol. The molecule has 5 rings (SSSR count). The number of anilines is 1. The molecule has 0 aliphatic carbocycles. The van der Waals surface area contributed by atoms with Gasteiger partial charge in [0, 0.05) is 55.4 Å². The number of benzene rings is 1. The fraction of sp³-hybridized carbons (Fsp3) is 0.417. The molecule has 3 aromatic rings. The van der Waals surface area contributed by atoms with Crippen LogP contribution >= 0.6 is 0 Å². The molecule has 1 N–H and O–H groups in total. The SMILES string of the molecule is Cc1ccc(NC(=O)N2C[C@H](c3nnc(-c4ccncc4)o3)C3(CCOCC3)C2)cc1C. The molecule has 166 valence electrons. The Morgan fingerprint density at radius 3 is 2.62 bits per heavy atom. The number of nitrogens with zero attached hydrogens (tertiary/aromatic N) is 4. The van der Waals surface area contributed by atoms with Gasteiger partial charge in [-0.3, -0.25) is 4.98 Å². The maximum Gasteiger partial charge on any atom is 0.321 e. The molecule has 2 amide bonds. The first-order chi connectivity index (χ1) is 15.5. The zero-order chi connectivity index (χ0) is 22.1. The molecule has 1 aromatic carbocycles. The highest BCUT2D eigenvalue weighted by atomic mass is 16.5. The molecule has 2 aromatic heterocycles. The van der Waals surface area contributed by atoms with Gasteiger partial charge in [-0.1, -0.05) is 6.07 Å². The van der Waals surface area contributed by atoms with Crippen LogP contribution in [-0.2, 0) is 4.74 Å². The monoisotopic (exact) mass is 433 g/mol. The van der Waals surface area contributed by atoms with Gasteiger partial charge < -0.3 is 19.4 Å². The second kappa shape index (κ2) is 8.35. The van der Waals surface area contributed by atoms with Gasteiger partial charge in [0.2, 0.25) is 11.8 Å². The summed E-state index contributed by atoms with van der Waals surface area (Å²) in [6, 6.07) is 9.56. The highest BCUT2D eigenvalue weighted by molar-refractivity contribution is 5.89. The highest BCUT2D eigenvalue weighted by Crippen LogP contribution is 2.49. The van der Waals surface area contributed by atoms with Gasteiger partial charge in [-0.25, -0.2) is 4.79 Å². The van der Waals surface area contributed by atoms with Crippen molar-refractivity contribution < 1.29 is 13.9 Å². The van der Waals surface area contributed by atoms with Crippen molar-refractivity contribution in [3.63, 3.8) is 0 Å². The molecule has 0 unspecified atom stereocenters. The largest absolute Gasteiger partial charge is 0.420 e. The third-order valence-electron chi connectivity index (χ3n) is 6.85. The second-order valence-electron chi connectivity index (χ2n) is 8.82. The highest BCUT2D eigenvalue weighted by Gasteiger charge is 2.51. The van der Waals surface area contributed by atoms with Gasteiger partial charge in [-0.15, -0.1) is 10.2 Å². The van der Waals surface area contributed by atoms with E-state index in [9.17, 15) is 4.79 Å². The fourth-order valence-electron chi connectivity index (χ4n) is 4.76. The van der Waals surface area contributed by atoms with E-state index in [1.54, 1.807) is 12.4 Å². The minimum Gasteiger partial charge on any atom is -0.420 e. The number of carbonyl (C=O) groups is 1. The first-order valence-corrected chi connectivity index (χ1v) is 11.0. The number of rotatable bonds is 3. The van der Waals surface area contributed by atoms with Crippen LogP contribution in [0, 0.1) is 19.3 Å².